The predicted molar refractivity (Wildman–Crippen MR) is 112 cm³/mol. The van der Waals surface area contributed by atoms with E-state index in [0.717, 1.165) is 11.4 Å². The van der Waals surface area contributed by atoms with Gasteiger partial charge in [-0.1, -0.05) is 30.3 Å². The minimum atomic E-state index is -0.483. The molecule has 0 fully saturated rings. The number of para-hydroxylation sites is 3. The molecule has 1 aliphatic heterocycles. The quantitative estimate of drug-likeness (QED) is 0.639. The molecule has 0 unspecified atom stereocenters. The Morgan fingerprint density at radius 3 is 2.48 bits per heavy atom. The lowest BCUT2D eigenvalue weighted by atomic mass is 10.2. The lowest BCUT2D eigenvalue weighted by Gasteiger charge is -2.20. The first kappa shape index (κ1) is 18.7. The van der Waals surface area contributed by atoms with E-state index in [1.54, 1.807) is 25.1 Å². The third kappa shape index (κ3) is 4.60. The van der Waals surface area contributed by atoms with Crippen LogP contribution in [0.2, 0.25) is 0 Å². The molecule has 1 amide bonds. The molecule has 148 valence electrons. The second-order valence-electron chi connectivity index (χ2n) is 6.62. The normalized spacial score (nSPS) is 13.3. The third-order valence-electron chi connectivity index (χ3n) is 4.43. The molecule has 2 N–H and O–H groups in total. The van der Waals surface area contributed by atoms with Crippen LogP contribution in [0.15, 0.2) is 72.8 Å². The average molecular weight is 390 g/mol. The molecule has 1 aliphatic rings. The van der Waals surface area contributed by atoms with Crippen LogP contribution in [0.25, 0.3) is 0 Å². The van der Waals surface area contributed by atoms with Gasteiger partial charge in [0.05, 0.1) is 5.69 Å². The first-order valence-electron chi connectivity index (χ1n) is 9.48. The molecule has 0 radical (unpaired) electrons. The fourth-order valence-electron chi connectivity index (χ4n) is 2.96. The molecule has 3 aromatic carbocycles. The Labute approximate surface area is 169 Å². The van der Waals surface area contributed by atoms with Crippen LogP contribution < -0.4 is 24.8 Å². The van der Waals surface area contributed by atoms with Gasteiger partial charge in [0.1, 0.15) is 25.0 Å². The highest BCUT2D eigenvalue weighted by Crippen LogP contribution is 2.33. The lowest BCUT2D eigenvalue weighted by Crippen LogP contribution is -2.32. The maximum absolute atomic E-state index is 12.7. The molecule has 1 atom stereocenters. The van der Waals surface area contributed by atoms with Gasteiger partial charge in [-0.25, -0.2) is 0 Å². The Hall–Kier alpha value is -3.67. The largest absolute Gasteiger partial charge is 0.486 e. The maximum Gasteiger partial charge on any atom is 0.246 e. The number of benzene rings is 3. The van der Waals surface area contributed by atoms with Crippen molar-refractivity contribution >= 4 is 17.3 Å². The molecule has 6 nitrogen and oxygen atoms in total. The molecule has 29 heavy (non-hydrogen) atoms. The first-order chi connectivity index (χ1) is 14.2. The molecule has 3 aromatic rings. The third-order valence-corrected chi connectivity index (χ3v) is 4.43. The highest BCUT2D eigenvalue weighted by atomic mass is 16.6. The summed E-state index contributed by atoms with van der Waals surface area (Å²) < 4.78 is 17.0. The van der Waals surface area contributed by atoms with Crippen molar-refractivity contribution < 1.29 is 19.0 Å². The van der Waals surface area contributed by atoms with Crippen molar-refractivity contribution in [1.82, 2.24) is 0 Å². The standard InChI is InChI=1S/C23H22N2O4/c1-16(23(26)25-17-11-12-21-22(15-17)28-14-13-27-21)24-19-9-5-6-10-20(19)29-18-7-3-2-4-8-18/h2-12,15-16,24H,13-14H2,1H3,(H,25,26)/t16-/m0/s1. The maximum atomic E-state index is 12.7. The van der Waals surface area contributed by atoms with Crippen LogP contribution in [-0.2, 0) is 4.79 Å². The number of amides is 1. The molecule has 0 spiro atoms. The fraction of sp³-hybridized carbons (Fsp3) is 0.174. The Balaban J connectivity index is 1.43. The zero-order valence-electron chi connectivity index (χ0n) is 16.1. The topological polar surface area (TPSA) is 68.8 Å². The number of carbonyl (C=O) groups is 1. The number of fused-ring (bicyclic) bond motifs is 1. The molecule has 6 heteroatoms. The second-order valence-corrected chi connectivity index (χ2v) is 6.62. The number of nitrogens with one attached hydrogen (secondary N) is 2. The first-order valence-corrected chi connectivity index (χ1v) is 9.48. The summed E-state index contributed by atoms with van der Waals surface area (Å²) in [6.45, 7) is 2.83. The zero-order chi connectivity index (χ0) is 20.1. The van der Waals surface area contributed by atoms with Crippen LogP contribution in [0.3, 0.4) is 0 Å². The average Bonchev–Trinajstić information content (AvgIpc) is 2.75. The van der Waals surface area contributed by atoms with Crippen LogP contribution in [0.5, 0.6) is 23.0 Å². The number of ether oxygens (including phenoxy) is 3. The van der Waals surface area contributed by atoms with Gasteiger partial charge >= 0.3 is 0 Å². The van der Waals surface area contributed by atoms with Gasteiger partial charge in [0, 0.05) is 11.8 Å². The van der Waals surface area contributed by atoms with E-state index >= 15 is 0 Å². The summed E-state index contributed by atoms with van der Waals surface area (Å²) in [5.74, 6) is 2.53. The van der Waals surface area contributed by atoms with Crippen molar-refractivity contribution in [2.24, 2.45) is 0 Å². The Morgan fingerprint density at radius 2 is 1.66 bits per heavy atom. The van der Waals surface area contributed by atoms with Crippen molar-refractivity contribution in [3.63, 3.8) is 0 Å². The zero-order valence-corrected chi connectivity index (χ0v) is 16.1. The van der Waals surface area contributed by atoms with Gasteiger partial charge in [0.2, 0.25) is 5.91 Å². The number of rotatable bonds is 6. The second kappa shape index (κ2) is 8.56. The number of anilines is 2. The Bertz CT molecular complexity index is 991. The van der Waals surface area contributed by atoms with Crippen LogP contribution in [0.4, 0.5) is 11.4 Å². The van der Waals surface area contributed by atoms with E-state index in [0.29, 0.717) is 36.1 Å². The number of hydrogen-bond donors (Lipinski definition) is 2. The number of carbonyl (C=O) groups excluding carboxylic acids is 1. The van der Waals surface area contributed by atoms with Gasteiger partial charge in [-0.2, -0.15) is 0 Å². The van der Waals surface area contributed by atoms with E-state index in [9.17, 15) is 4.79 Å². The highest BCUT2D eigenvalue weighted by Gasteiger charge is 2.17. The van der Waals surface area contributed by atoms with Gasteiger partial charge < -0.3 is 24.8 Å². The summed E-state index contributed by atoms with van der Waals surface area (Å²) >= 11 is 0. The molecule has 0 aliphatic carbocycles. The summed E-state index contributed by atoms with van der Waals surface area (Å²) in [6.07, 6.45) is 0. The molecule has 1 heterocycles. The molecule has 0 bridgehead atoms. The minimum absolute atomic E-state index is 0.170. The molecule has 4 rings (SSSR count). The van der Waals surface area contributed by atoms with Gasteiger partial charge in [0.15, 0.2) is 17.2 Å². The monoisotopic (exact) mass is 390 g/mol. The smallest absolute Gasteiger partial charge is 0.246 e. The lowest BCUT2D eigenvalue weighted by molar-refractivity contribution is -0.116. The fourth-order valence-corrected chi connectivity index (χ4v) is 2.96. The van der Waals surface area contributed by atoms with E-state index in [2.05, 4.69) is 10.6 Å². The summed E-state index contributed by atoms with van der Waals surface area (Å²) in [5.41, 5.74) is 1.39. The predicted octanol–water partition coefficient (Wildman–Crippen LogP) is 4.69. The number of hydrogen-bond acceptors (Lipinski definition) is 5. The van der Waals surface area contributed by atoms with E-state index in [1.807, 2.05) is 54.6 Å². The summed E-state index contributed by atoms with van der Waals surface area (Å²) in [5, 5.41) is 6.12. The molecular formula is C23H22N2O4. The van der Waals surface area contributed by atoms with Crippen molar-refractivity contribution in [2.45, 2.75) is 13.0 Å². The van der Waals surface area contributed by atoms with E-state index in [4.69, 9.17) is 14.2 Å². The Morgan fingerprint density at radius 1 is 0.931 bits per heavy atom. The summed E-state index contributed by atoms with van der Waals surface area (Å²) in [7, 11) is 0. The van der Waals surface area contributed by atoms with Gasteiger partial charge in [0.25, 0.3) is 0 Å². The van der Waals surface area contributed by atoms with Crippen molar-refractivity contribution in [3.8, 4) is 23.0 Å². The van der Waals surface area contributed by atoms with Crippen LogP contribution in [0, 0.1) is 0 Å². The summed E-state index contributed by atoms with van der Waals surface area (Å²) in [4.78, 5) is 12.7. The van der Waals surface area contributed by atoms with E-state index in [-0.39, 0.29) is 5.91 Å². The van der Waals surface area contributed by atoms with Crippen molar-refractivity contribution in [3.05, 3.63) is 72.8 Å². The van der Waals surface area contributed by atoms with Gasteiger partial charge in [-0.15, -0.1) is 0 Å². The van der Waals surface area contributed by atoms with Crippen LogP contribution >= 0.6 is 0 Å². The van der Waals surface area contributed by atoms with Crippen LogP contribution in [-0.4, -0.2) is 25.2 Å². The molecule has 0 saturated carbocycles. The van der Waals surface area contributed by atoms with E-state index < -0.39 is 6.04 Å². The van der Waals surface area contributed by atoms with Crippen molar-refractivity contribution in [1.29, 1.82) is 0 Å². The molecular weight excluding hydrogens is 368 g/mol. The van der Waals surface area contributed by atoms with Gasteiger partial charge in [-0.3, -0.25) is 4.79 Å². The molecule has 0 saturated heterocycles. The molecule has 0 aromatic heterocycles. The van der Waals surface area contributed by atoms with Crippen LogP contribution in [0.1, 0.15) is 6.92 Å². The highest BCUT2D eigenvalue weighted by molar-refractivity contribution is 5.96. The van der Waals surface area contributed by atoms with Gasteiger partial charge in [-0.05, 0) is 43.3 Å². The SMILES string of the molecule is C[C@H](Nc1ccccc1Oc1ccccc1)C(=O)Nc1ccc2c(c1)OCCO2. The Kier molecular flexibility index (Phi) is 5.52. The minimum Gasteiger partial charge on any atom is -0.486 e. The van der Waals surface area contributed by atoms with E-state index in [1.165, 1.54) is 0 Å². The summed E-state index contributed by atoms with van der Waals surface area (Å²) in [6, 6.07) is 21.9. The van der Waals surface area contributed by atoms with Crippen molar-refractivity contribution in [2.75, 3.05) is 23.8 Å².